The van der Waals surface area contributed by atoms with Crippen molar-refractivity contribution in [2.24, 2.45) is 0 Å². The SMILES string of the molecule is C#CCN(CC)CC1(c2ccc(N)cc2)CC1. The minimum absolute atomic E-state index is 0.334. The summed E-state index contributed by atoms with van der Waals surface area (Å²) in [6, 6.07) is 8.30. The molecular weight excluding hydrogens is 208 g/mol. The highest BCUT2D eigenvalue weighted by Crippen LogP contribution is 2.48. The van der Waals surface area contributed by atoms with E-state index >= 15 is 0 Å². The van der Waals surface area contributed by atoms with Crippen molar-refractivity contribution in [3.63, 3.8) is 0 Å². The van der Waals surface area contributed by atoms with Gasteiger partial charge in [-0.2, -0.15) is 0 Å². The zero-order chi connectivity index (χ0) is 12.3. The lowest BCUT2D eigenvalue weighted by molar-refractivity contribution is 0.292. The van der Waals surface area contributed by atoms with E-state index in [-0.39, 0.29) is 0 Å². The van der Waals surface area contributed by atoms with Gasteiger partial charge in [0.1, 0.15) is 0 Å². The molecule has 0 saturated heterocycles. The average Bonchev–Trinajstić information content (AvgIpc) is 3.10. The summed E-state index contributed by atoms with van der Waals surface area (Å²) < 4.78 is 0. The minimum Gasteiger partial charge on any atom is -0.399 e. The Labute approximate surface area is 104 Å². The molecule has 17 heavy (non-hydrogen) atoms. The van der Waals surface area contributed by atoms with E-state index in [1.54, 1.807) is 0 Å². The molecule has 1 aliphatic carbocycles. The Morgan fingerprint density at radius 3 is 2.47 bits per heavy atom. The number of benzene rings is 1. The molecule has 0 radical (unpaired) electrons. The van der Waals surface area contributed by atoms with Crippen LogP contribution in [-0.4, -0.2) is 24.5 Å². The molecule has 0 heterocycles. The van der Waals surface area contributed by atoms with Gasteiger partial charge in [0.25, 0.3) is 0 Å². The first kappa shape index (κ1) is 12.0. The Hall–Kier alpha value is -1.46. The minimum atomic E-state index is 0.334. The number of nitrogen functional groups attached to an aromatic ring is 1. The lowest BCUT2D eigenvalue weighted by Crippen LogP contribution is -2.32. The van der Waals surface area contributed by atoms with Crippen LogP contribution in [0, 0.1) is 12.3 Å². The summed E-state index contributed by atoms with van der Waals surface area (Å²) in [5.41, 5.74) is 8.30. The van der Waals surface area contributed by atoms with Crippen LogP contribution < -0.4 is 5.73 Å². The first-order valence-electron chi connectivity index (χ1n) is 6.22. The fourth-order valence-electron chi connectivity index (χ4n) is 2.36. The first-order chi connectivity index (χ1) is 8.20. The maximum atomic E-state index is 5.73. The molecule has 1 aliphatic rings. The largest absolute Gasteiger partial charge is 0.399 e. The van der Waals surface area contributed by atoms with E-state index in [9.17, 15) is 0 Å². The Morgan fingerprint density at radius 1 is 1.35 bits per heavy atom. The second-order valence-electron chi connectivity index (χ2n) is 4.91. The molecule has 0 atom stereocenters. The molecule has 2 rings (SSSR count). The number of nitrogens with two attached hydrogens (primary N) is 1. The third-order valence-electron chi connectivity index (χ3n) is 3.66. The van der Waals surface area contributed by atoms with Crippen LogP contribution in [0.15, 0.2) is 24.3 Å². The van der Waals surface area contributed by atoms with Crippen molar-refractivity contribution >= 4 is 5.69 Å². The van der Waals surface area contributed by atoms with Crippen molar-refractivity contribution < 1.29 is 0 Å². The summed E-state index contributed by atoms with van der Waals surface area (Å²) in [4.78, 5) is 2.34. The van der Waals surface area contributed by atoms with Crippen molar-refractivity contribution in [3.05, 3.63) is 29.8 Å². The number of anilines is 1. The van der Waals surface area contributed by atoms with Gasteiger partial charge in [0.2, 0.25) is 0 Å². The summed E-state index contributed by atoms with van der Waals surface area (Å²) in [5.74, 6) is 2.74. The molecule has 2 heteroatoms. The average molecular weight is 228 g/mol. The Bertz CT molecular complexity index is 410. The summed E-state index contributed by atoms with van der Waals surface area (Å²) >= 11 is 0. The highest BCUT2D eigenvalue weighted by Gasteiger charge is 2.44. The highest BCUT2D eigenvalue weighted by atomic mass is 15.1. The lowest BCUT2D eigenvalue weighted by atomic mass is 9.95. The third kappa shape index (κ3) is 2.62. The number of rotatable bonds is 5. The predicted octanol–water partition coefficient (Wildman–Crippen LogP) is 2.26. The van der Waals surface area contributed by atoms with Gasteiger partial charge in [-0.3, -0.25) is 4.90 Å². The van der Waals surface area contributed by atoms with Crippen LogP contribution in [0.3, 0.4) is 0 Å². The van der Waals surface area contributed by atoms with E-state index in [0.29, 0.717) is 5.41 Å². The van der Waals surface area contributed by atoms with Gasteiger partial charge in [0.15, 0.2) is 0 Å². The Kier molecular flexibility index (Phi) is 3.40. The summed E-state index contributed by atoms with van der Waals surface area (Å²) in [5, 5.41) is 0. The molecule has 0 bridgehead atoms. The standard InChI is InChI=1S/C15H20N2/c1-3-11-17(4-2)12-15(9-10-15)13-5-7-14(16)8-6-13/h1,5-8H,4,9-12,16H2,2H3. The monoisotopic (exact) mass is 228 g/mol. The van der Waals surface area contributed by atoms with Crippen LogP contribution in [-0.2, 0) is 5.41 Å². The molecule has 0 unspecified atom stereocenters. The fourth-order valence-corrected chi connectivity index (χ4v) is 2.36. The van der Waals surface area contributed by atoms with Gasteiger partial charge in [-0.05, 0) is 37.1 Å². The number of nitrogens with zero attached hydrogens (tertiary/aromatic N) is 1. The molecule has 0 amide bonds. The van der Waals surface area contributed by atoms with Crippen LogP contribution >= 0.6 is 0 Å². The van der Waals surface area contributed by atoms with Crippen LogP contribution in [0.1, 0.15) is 25.3 Å². The van der Waals surface area contributed by atoms with Gasteiger partial charge in [-0.25, -0.2) is 0 Å². The molecule has 90 valence electrons. The van der Waals surface area contributed by atoms with E-state index < -0.39 is 0 Å². The summed E-state index contributed by atoms with van der Waals surface area (Å²) in [6.45, 7) is 4.99. The normalized spacial score (nSPS) is 16.8. The molecule has 0 aromatic heterocycles. The molecule has 1 fully saturated rings. The first-order valence-corrected chi connectivity index (χ1v) is 6.22. The number of hydrogen-bond acceptors (Lipinski definition) is 2. The molecule has 2 nitrogen and oxygen atoms in total. The quantitative estimate of drug-likeness (QED) is 0.618. The van der Waals surface area contributed by atoms with Gasteiger partial charge in [0, 0.05) is 17.6 Å². The molecular formula is C15H20N2. The van der Waals surface area contributed by atoms with Crippen molar-refractivity contribution in [1.29, 1.82) is 0 Å². The maximum Gasteiger partial charge on any atom is 0.0599 e. The van der Waals surface area contributed by atoms with E-state index in [1.807, 2.05) is 12.1 Å². The van der Waals surface area contributed by atoms with E-state index in [2.05, 4.69) is 29.9 Å². The van der Waals surface area contributed by atoms with Crippen molar-refractivity contribution in [2.75, 3.05) is 25.4 Å². The number of terminal acetylenes is 1. The molecule has 1 saturated carbocycles. The molecule has 2 N–H and O–H groups in total. The molecule has 1 aromatic carbocycles. The van der Waals surface area contributed by atoms with Crippen molar-refractivity contribution in [2.45, 2.75) is 25.2 Å². The number of hydrogen-bond donors (Lipinski definition) is 1. The van der Waals surface area contributed by atoms with Crippen LogP contribution in [0.25, 0.3) is 0 Å². The summed E-state index contributed by atoms with van der Waals surface area (Å²) in [6.07, 6.45) is 7.92. The zero-order valence-corrected chi connectivity index (χ0v) is 10.4. The topological polar surface area (TPSA) is 29.3 Å². The summed E-state index contributed by atoms with van der Waals surface area (Å²) in [7, 11) is 0. The predicted molar refractivity (Wildman–Crippen MR) is 72.7 cm³/mol. The van der Waals surface area contributed by atoms with Gasteiger partial charge in [-0.1, -0.05) is 25.0 Å². The molecule has 1 aromatic rings. The van der Waals surface area contributed by atoms with Crippen LogP contribution in [0.5, 0.6) is 0 Å². The van der Waals surface area contributed by atoms with E-state index in [0.717, 1.165) is 25.3 Å². The molecule has 0 aliphatic heterocycles. The zero-order valence-electron chi connectivity index (χ0n) is 10.4. The van der Waals surface area contributed by atoms with Crippen molar-refractivity contribution in [1.82, 2.24) is 4.90 Å². The van der Waals surface area contributed by atoms with E-state index in [1.165, 1.54) is 18.4 Å². The van der Waals surface area contributed by atoms with Gasteiger partial charge in [0.05, 0.1) is 6.54 Å². The highest BCUT2D eigenvalue weighted by molar-refractivity contribution is 5.43. The van der Waals surface area contributed by atoms with Gasteiger partial charge in [-0.15, -0.1) is 6.42 Å². The second-order valence-corrected chi connectivity index (χ2v) is 4.91. The molecule has 0 spiro atoms. The maximum absolute atomic E-state index is 5.73. The fraction of sp³-hybridized carbons (Fsp3) is 0.467. The smallest absolute Gasteiger partial charge is 0.0599 e. The van der Waals surface area contributed by atoms with Crippen LogP contribution in [0.2, 0.25) is 0 Å². The van der Waals surface area contributed by atoms with Gasteiger partial charge < -0.3 is 5.73 Å². The van der Waals surface area contributed by atoms with E-state index in [4.69, 9.17) is 12.2 Å². The van der Waals surface area contributed by atoms with Crippen molar-refractivity contribution in [3.8, 4) is 12.3 Å². The number of likely N-dealkylation sites (N-methyl/N-ethyl adjacent to an activating group) is 1. The van der Waals surface area contributed by atoms with Crippen LogP contribution in [0.4, 0.5) is 5.69 Å². The second kappa shape index (κ2) is 4.81. The Morgan fingerprint density at radius 2 is 2.00 bits per heavy atom. The lowest BCUT2D eigenvalue weighted by Gasteiger charge is -2.25. The third-order valence-corrected chi connectivity index (χ3v) is 3.66. The Balaban J connectivity index is 2.09. The van der Waals surface area contributed by atoms with Gasteiger partial charge >= 0.3 is 0 Å².